The van der Waals surface area contributed by atoms with Crippen LogP contribution in [0, 0.1) is 6.92 Å². The van der Waals surface area contributed by atoms with Crippen molar-refractivity contribution in [3.05, 3.63) is 42.0 Å². The molecule has 17 heavy (non-hydrogen) atoms. The van der Waals surface area contributed by atoms with Gasteiger partial charge in [0.2, 0.25) is 0 Å². The zero-order valence-electron chi connectivity index (χ0n) is 9.77. The second kappa shape index (κ2) is 5.75. The van der Waals surface area contributed by atoms with Crippen molar-refractivity contribution in [1.29, 1.82) is 0 Å². The summed E-state index contributed by atoms with van der Waals surface area (Å²) in [6, 6.07) is 11.8. The second-order valence-corrected chi connectivity index (χ2v) is 3.51. The molecule has 0 saturated carbocycles. The van der Waals surface area contributed by atoms with E-state index >= 15 is 0 Å². The summed E-state index contributed by atoms with van der Waals surface area (Å²) < 4.78 is 0. The van der Waals surface area contributed by atoms with Gasteiger partial charge in [0.1, 0.15) is 5.75 Å². The van der Waals surface area contributed by atoms with Crippen LogP contribution in [0.1, 0.15) is 5.56 Å². The van der Waals surface area contributed by atoms with Crippen LogP contribution in [0.4, 0.5) is 4.79 Å². The first-order chi connectivity index (χ1) is 8.06. The molecule has 0 heterocycles. The van der Waals surface area contributed by atoms with Gasteiger partial charge in [-0.3, -0.25) is 0 Å². The van der Waals surface area contributed by atoms with Gasteiger partial charge in [0.15, 0.2) is 0 Å². The number of nitrogens with one attached hydrogen (secondary N) is 1. The Morgan fingerprint density at radius 1 is 1.18 bits per heavy atom. The lowest BCUT2D eigenvalue weighted by molar-refractivity contribution is 0.197. The number of hydrogen-bond donors (Lipinski definition) is 3. The zero-order valence-corrected chi connectivity index (χ0v) is 9.77. The average molecular weight is 233 g/mol. The van der Waals surface area contributed by atoms with Crippen molar-refractivity contribution in [3.8, 4) is 5.75 Å². The van der Waals surface area contributed by atoms with Crippen LogP contribution in [-0.4, -0.2) is 23.4 Å². The molecule has 0 aliphatic rings. The molecule has 4 heteroatoms. The van der Waals surface area contributed by atoms with E-state index < -0.39 is 6.09 Å². The molecule has 0 aromatic heterocycles. The summed E-state index contributed by atoms with van der Waals surface area (Å²) in [5, 5.41) is 21.2. The van der Waals surface area contributed by atoms with Crippen LogP contribution >= 0.6 is 0 Å². The second-order valence-electron chi connectivity index (χ2n) is 3.51. The van der Waals surface area contributed by atoms with Gasteiger partial charge in [-0.15, -0.1) is 0 Å². The van der Waals surface area contributed by atoms with Gasteiger partial charge in [0.25, 0.3) is 0 Å². The first kappa shape index (κ1) is 12.8. The largest absolute Gasteiger partial charge is 0.507 e. The van der Waals surface area contributed by atoms with E-state index in [0.717, 1.165) is 16.3 Å². The highest BCUT2D eigenvalue weighted by Gasteiger charge is 2.00. The number of phenolic OH excluding ortho intramolecular Hbond substituents is 1. The third-order valence-corrected chi connectivity index (χ3v) is 2.32. The van der Waals surface area contributed by atoms with Crippen molar-refractivity contribution in [3.63, 3.8) is 0 Å². The maximum absolute atomic E-state index is 9.66. The van der Waals surface area contributed by atoms with Gasteiger partial charge < -0.3 is 15.5 Å². The number of rotatable bonds is 0. The summed E-state index contributed by atoms with van der Waals surface area (Å²) in [6.45, 7) is 1.90. The molecule has 90 valence electrons. The highest BCUT2D eigenvalue weighted by molar-refractivity contribution is 5.89. The first-order valence-electron chi connectivity index (χ1n) is 5.14. The Labute approximate surface area is 99.5 Å². The Kier molecular flexibility index (Phi) is 4.34. The summed E-state index contributed by atoms with van der Waals surface area (Å²) in [4.78, 5) is 9.26. The normalized spacial score (nSPS) is 9.29. The molecule has 2 aromatic carbocycles. The lowest BCUT2D eigenvalue weighted by Gasteiger charge is -2.02. The topological polar surface area (TPSA) is 69.6 Å². The maximum Gasteiger partial charge on any atom is 0.404 e. The van der Waals surface area contributed by atoms with Crippen LogP contribution in [-0.2, 0) is 0 Å². The maximum atomic E-state index is 9.66. The standard InChI is InChI=1S/C11H10O.C2H5NO2/c1-8-6-7-9-4-2-3-5-10(9)11(8)12;1-3-2(4)5/h2-7,12H,1H3;3H,1H3,(H,4,5). The molecular formula is C13H15NO3. The number of aromatic hydroxyl groups is 1. The third-order valence-electron chi connectivity index (χ3n) is 2.32. The summed E-state index contributed by atoms with van der Waals surface area (Å²) >= 11 is 0. The van der Waals surface area contributed by atoms with Gasteiger partial charge in [-0.2, -0.15) is 0 Å². The van der Waals surface area contributed by atoms with Crippen LogP contribution in [0.15, 0.2) is 36.4 Å². The Bertz CT molecular complexity index is 523. The van der Waals surface area contributed by atoms with Gasteiger partial charge in [-0.25, -0.2) is 4.79 Å². The molecule has 0 spiro atoms. The number of carbonyl (C=O) groups is 1. The number of amides is 1. The quantitative estimate of drug-likeness (QED) is 0.655. The Morgan fingerprint density at radius 2 is 1.76 bits per heavy atom. The fraction of sp³-hybridized carbons (Fsp3) is 0.154. The lowest BCUT2D eigenvalue weighted by Crippen LogP contribution is -2.13. The Balaban J connectivity index is 0.000000249. The van der Waals surface area contributed by atoms with Gasteiger partial charge in [0, 0.05) is 12.4 Å². The van der Waals surface area contributed by atoms with Gasteiger partial charge in [-0.1, -0.05) is 36.4 Å². The Hall–Kier alpha value is -2.23. The molecule has 0 saturated heterocycles. The minimum absolute atomic E-state index is 0.396. The van der Waals surface area contributed by atoms with Gasteiger partial charge in [0.05, 0.1) is 0 Å². The van der Waals surface area contributed by atoms with Crippen molar-refractivity contribution in [2.24, 2.45) is 0 Å². The third kappa shape index (κ3) is 3.38. The fourth-order valence-corrected chi connectivity index (χ4v) is 1.36. The zero-order chi connectivity index (χ0) is 12.8. The molecule has 0 unspecified atom stereocenters. The average Bonchev–Trinajstić information content (AvgIpc) is 2.35. The number of aryl methyl sites for hydroxylation is 1. The Morgan fingerprint density at radius 3 is 2.35 bits per heavy atom. The van der Waals surface area contributed by atoms with E-state index in [4.69, 9.17) is 5.11 Å². The number of benzene rings is 2. The molecule has 1 amide bonds. The fourth-order valence-electron chi connectivity index (χ4n) is 1.36. The molecule has 0 radical (unpaired) electrons. The van der Waals surface area contributed by atoms with Gasteiger partial charge in [-0.05, 0) is 17.9 Å². The van der Waals surface area contributed by atoms with Crippen LogP contribution in [0.25, 0.3) is 10.8 Å². The molecule has 2 aromatic rings. The molecule has 0 atom stereocenters. The van der Waals surface area contributed by atoms with Crippen molar-refractivity contribution in [2.45, 2.75) is 6.92 Å². The van der Waals surface area contributed by atoms with Gasteiger partial charge >= 0.3 is 6.09 Å². The van der Waals surface area contributed by atoms with Crippen molar-refractivity contribution >= 4 is 16.9 Å². The number of hydrogen-bond acceptors (Lipinski definition) is 2. The minimum Gasteiger partial charge on any atom is -0.507 e. The highest BCUT2D eigenvalue weighted by Crippen LogP contribution is 2.27. The number of carboxylic acid groups (broad SMARTS) is 1. The molecule has 0 aliphatic carbocycles. The monoisotopic (exact) mass is 233 g/mol. The van der Waals surface area contributed by atoms with E-state index in [9.17, 15) is 9.90 Å². The van der Waals surface area contributed by atoms with E-state index in [2.05, 4.69) is 0 Å². The van der Waals surface area contributed by atoms with Crippen molar-refractivity contribution < 1.29 is 15.0 Å². The smallest absolute Gasteiger partial charge is 0.404 e. The van der Waals surface area contributed by atoms with E-state index in [-0.39, 0.29) is 0 Å². The molecule has 3 N–H and O–H groups in total. The van der Waals surface area contributed by atoms with Crippen LogP contribution in [0.2, 0.25) is 0 Å². The molecule has 4 nitrogen and oxygen atoms in total. The number of fused-ring (bicyclic) bond motifs is 1. The van der Waals surface area contributed by atoms with E-state index in [1.807, 2.05) is 48.6 Å². The molecule has 0 fully saturated rings. The summed E-state index contributed by atoms with van der Waals surface area (Å²) in [5.74, 6) is 0.396. The van der Waals surface area contributed by atoms with E-state index in [0.29, 0.717) is 5.75 Å². The number of phenols is 1. The summed E-state index contributed by atoms with van der Waals surface area (Å²) in [6.07, 6.45) is -0.995. The molecule has 0 bridgehead atoms. The van der Waals surface area contributed by atoms with E-state index in [1.54, 1.807) is 0 Å². The van der Waals surface area contributed by atoms with Crippen LogP contribution in [0.5, 0.6) is 5.75 Å². The van der Waals surface area contributed by atoms with Crippen molar-refractivity contribution in [1.82, 2.24) is 5.32 Å². The van der Waals surface area contributed by atoms with Crippen LogP contribution < -0.4 is 5.32 Å². The van der Waals surface area contributed by atoms with Crippen molar-refractivity contribution in [2.75, 3.05) is 7.05 Å². The SMILES string of the molecule is CNC(=O)O.Cc1ccc2ccccc2c1O. The van der Waals surface area contributed by atoms with Crippen LogP contribution in [0.3, 0.4) is 0 Å². The highest BCUT2D eigenvalue weighted by atomic mass is 16.4. The first-order valence-corrected chi connectivity index (χ1v) is 5.14. The predicted molar refractivity (Wildman–Crippen MR) is 67.4 cm³/mol. The summed E-state index contributed by atoms with van der Waals surface area (Å²) in [5.41, 5.74) is 0.925. The lowest BCUT2D eigenvalue weighted by atomic mass is 10.1. The predicted octanol–water partition coefficient (Wildman–Crippen LogP) is 2.74. The van der Waals surface area contributed by atoms with E-state index in [1.165, 1.54) is 7.05 Å². The summed E-state index contributed by atoms with van der Waals surface area (Å²) in [7, 11) is 1.35. The molecular weight excluding hydrogens is 218 g/mol. The molecule has 2 rings (SSSR count). The molecule has 0 aliphatic heterocycles. The minimum atomic E-state index is -0.995.